The minimum absolute atomic E-state index is 0.194. The van der Waals surface area contributed by atoms with Crippen LogP contribution in [0.1, 0.15) is 22.8 Å². The van der Waals surface area contributed by atoms with E-state index in [1.54, 1.807) is 0 Å². The Morgan fingerprint density at radius 3 is 1.71 bits per heavy atom. The zero-order chi connectivity index (χ0) is 19.1. The number of rotatable bonds is 2. The van der Waals surface area contributed by atoms with Crippen LogP contribution >= 0.6 is 0 Å². The van der Waals surface area contributed by atoms with E-state index in [9.17, 15) is 10.2 Å². The van der Waals surface area contributed by atoms with Crippen molar-refractivity contribution < 1.29 is 10.2 Å². The van der Waals surface area contributed by atoms with Gasteiger partial charge in [-0.2, -0.15) is 0 Å². The van der Waals surface area contributed by atoms with Crippen LogP contribution in [0.25, 0.3) is 45.4 Å². The molecule has 5 heterocycles. The molecule has 8 bridgehead atoms. The summed E-state index contributed by atoms with van der Waals surface area (Å²) in [5.41, 5.74) is 7.87. The summed E-state index contributed by atoms with van der Waals surface area (Å²) in [6.07, 6.45) is 3.85. The minimum Gasteiger partial charge on any atom is -0.392 e. The molecule has 6 heteroatoms. The van der Waals surface area contributed by atoms with Crippen LogP contribution in [0.2, 0.25) is 0 Å². The number of H-pyrrole nitrogens is 2. The highest BCUT2D eigenvalue weighted by molar-refractivity contribution is 5.94. The average Bonchev–Trinajstić information content (AvgIpc) is 3.45. The molecule has 0 fully saturated rings. The monoisotopic (exact) mass is 370 g/mol. The van der Waals surface area contributed by atoms with Crippen LogP contribution in [0.5, 0.6) is 0 Å². The number of aliphatic hydroxyl groups excluding tert-OH is 2. The maximum atomic E-state index is 9.86. The SMILES string of the molecule is OCC1=C(CO)c2cc3ccc(cc4ccc(cc5nc(cc1n2)C=C5)[nH]4)[nH]3. The molecule has 4 N–H and O–H groups in total. The molecule has 5 rings (SSSR count). The van der Waals surface area contributed by atoms with E-state index in [1.807, 2.05) is 60.7 Å². The van der Waals surface area contributed by atoms with Crippen molar-refractivity contribution >= 4 is 45.4 Å². The Hall–Kier alpha value is -3.48. The molecule has 0 atom stereocenters. The van der Waals surface area contributed by atoms with Crippen LogP contribution in [0.4, 0.5) is 0 Å². The third-order valence-corrected chi connectivity index (χ3v) is 4.88. The van der Waals surface area contributed by atoms with Gasteiger partial charge in [-0.1, -0.05) is 0 Å². The van der Waals surface area contributed by atoms with Gasteiger partial charge in [-0.15, -0.1) is 0 Å². The lowest BCUT2D eigenvalue weighted by atomic mass is 10.1. The Kier molecular flexibility index (Phi) is 3.93. The summed E-state index contributed by atoms with van der Waals surface area (Å²) in [5, 5.41) is 19.7. The second-order valence-electron chi connectivity index (χ2n) is 6.77. The van der Waals surface area contributed by atoms with Gasteiger partial charge in [-0.25, -0.2) is 9.97 Å². The summed E-state index contributed by atoms with van der Waals surface area (Å²) >= 11 is 0. The Balaban J connectivity index is 1.87. The quantitative estimate of drug-likeness (QED) is 0.435. The highest BCUT2D eigenvalue weighted by Crippen LogP contribution is 2.29. The van der Waals surface area contributed by atoms with E-state index in [2.05, 4.69) is 19.9 Å². The number of aromatic amines is 2. The zero-order valence-electron chi connectivity index (χ0n) is 15.0. The maximum absolute atomic E-state index is 9.86. The van der Waals surface area contributed by atoms with E-state index in [0.717, 1.165) is 33.5 Å². The smallest absolute Gasteiger partial charge is 0.0718 e. The van der Waals surface area contributed by atoms with Crippen molar-refractivity contribution in [2.45, 2.75) is 0 Å². The van der Waals surface area contributed by atoms with Crippen LogP contribution in [0.15, 0.2) is 48.5 Å². The number of hydrogen-bond donors (Lipinski definition) is 4. The summed E-state index contributed by atoms with van der Waals surface area (Å²) < 4.78 is 0. The summed E-state index contributed by atoms with van der Waals surface area (Å²) in [5.74, 6) is 0. The highest BCUT2D eigenvalue weighted by Gasteiger charge is 2.19. The van der Waals surface area contributed by atoms with Gasteiger partial charge in [0.25, 0.3) is 0 Å². The molecule has 2 aliphatic rings. The molecule has 3 aromatic rings. The molecule has 0 saturated heterocycles. The number of nitrogens with one attached hydrogen (secondary N) is 2. The second-order valence-corrected chi connectivity index (χ2v) is 6.77. The minimum atomic E-state index is -0.197. The topological polar surface area (TPSA) is 97.8 Å². The Morgan fingerprint density at radius 2 is 1.11 bits per heavy atom. The first-order valence-electron chi connectivity index (χ1n) is 9.03. The summed E-state index contributed by atoms with van der Waals surface area (Å²) in [7, 11) is 0. The van der Waals surface area contributed by atoms with Crippen molar-refractivity contribution in [1.29, 1.82) is 0 Å². The van der Waals surface area contributed by atoms with Gasteiger partial charge < -0.3 is 20.2 Å². The molecule has 138 valence electrons. The normalized spacial score (nSPS) is 13.4. The molecule has 6 nitrogen and oxygen atoms in total. The number of hydrogen-bond acceptors (Lipinski definition) is 4. The molecule has 28 heavy (non-hydrogen) atoms. The van der Waals surface area contributed by atoms with E-state index in [4.69, 9.17) is 0 Å². The summed E-state index contributed by atoms with van der Waals surface area (Å²) in [6.45, 7) is -0.391. The van der Waals surface area contributed by atoms with Gasteiger partial charge in [-0.05, 0) is 60.7 Å². The van der Waals surface area contributed by atoms with E-state index in [1.165, 1.54) is 0 Å². The van der Waals surface area contributed by atoms with Crippen molar-refractivity contribution in [3.05, 3.63) is 71.3 Å². The fourth-order valence-electron chi connectivity index (χ4n) is 3.53. The van der Waals surface area contributed by atoms with E-state index in [0.29, 0.717) is 22.5 Å². The Labute approximate surface area is 160 Å². The average molecular weight is 370 g/mol. The number of aliphatic hydroxyl groups is 2. The molecule has 0 aliphatic carbocycles. The van der Waals surface area contributed by atoms with Crippen molar-refractivity contribution in [3.63, 3.8) is 0 Å². The van der Waals surface area contributed by atoms with Crippen LogP contribution in [-0.2, 0) is 0 Å². The van der Waals surface area contributed by atoms with Crippen molar-refractivity contribution in [2.24, 2.45) is 0 Å². The lowest BCUT2D eigenvalue weighted by Gasteiger charge is -2.01. The molecule has 0 unspecified atom stereocenters. The standard InChI is InChI=1S/C22H18N4O2/c27-11-19-20(12-28)22-10-18-6-4-16(25-18)8-14-2-1-13(23-14)7-15-3-5-17(24-15)9-21(19)26-22/h1-10,23-24,27-28H,11-12H2. The predicted molar refractivity (Wildman–Crippen MR) is 111 cm³/mol. The van der Waals surface area contributed by atoms with Gasteiger partial charge in [0.05, 0.1) is 36.0 Å². The summed E-state index contributed by atoms with van der Waals surface area (Å²) in [4.78, 5) is 15.9. The van der Waals surface area contributed by atoms with Crippen molar-refractivity contribution in [2.75, 3.05) is 13.2 Å². The highest BCUT2D eigenvalue weighted by atomic mass is 16.3. The molecule has 3 aromatic heterocycles. The van der Waals surface area contributed by atoms with Crippen LogP contribution < -0.4 is 0 Å². The maximum Gasteiger partial charge on any atom is 0.0718 e. The summed E-state index contributed by atoms with van der Waals surface area (Å²) in [6, 6.07) is 15.7. The lowest BCUT2D eigenvalue weighted by Crippen LogP contribution is -1.94. The number of nitrogens with zero attached hydrogens (tertiary/aromatic N) is 2. The van der Waals surface area contributed by atoms with Gasteiger partial charge in [0.15, 0.2) is 0 Å². The second kappa shape index (κ2) is 6.60. The molecule has 0 saturated carbocycles. The first-order chi connectivity index (χ1) is 13.7. The van der Waals surface area contributed by atoms with E-state index in [-0.39, 0.29) is 13.2 Å². The predicted octanol–water partition coefficient (Wildman–Crippen LogP) is 3.38. The van der Waals surface area contributed by atoms with Gasteiger partial charge >= 0.3 is 0 Å². The molecule has 2 aliphatic heterocycles. The lowest BCUT2D eigenvalue weighted by molar-refractivity contribution is 0.341. The third-order valence-electron chi connectivity index (χ3n) is 4.88. The van der Waals surface area contributed by atoms with Crippen molar-refractivity contribution in [3.8, 4) is 0 Å². The number of fused-ring (bicyclic) bond motifs is 8. The van der Waals surface area contributed by atoms with Crippen LogP contribution in [0.3, 0.4) is 0 Å². The fourth-order valence-corrected chi connectivity index (χ4v) is 3.53. The first kappa shape index (κ1) is 16.7. The Bertz CT molecular complexity index is 1290. The van der Waals surface area contributed by atoms with Crippen molar-refractivity contribution in [1.82, 2.24) is 19.9 Å². The van der Waals surface area contributed by atoms with E-state index < -0.39 is 0 Å². The molecule has 0 amide bonds. The molecular formula is C22H18N4O2. The van der Waals surface area contributed by atoms with Crippen LogP contribution in [-0.4, -0.2) is 43.4 Å². The Morgan fingerprint density at radius 1 is 0.607 bits per heavy atom. The van der Waals surface area contributed by atoms with Crippen LogP contribution in [0, 0.1) is 0 Å². The van der Waals surface area contributed by atoms with Gasteiger partial charge in [0.2, 0.25) is 0 Å². The zero-order valence-corrected chi connectivity index (χ0v) is 15.0. The first-order valence-corrected chi connectivity index (χ1v) is 9.03. The molecular weight excluding hydrogens is 352 g/mol. The third kappa shape index (κ3) is 2.94. The van der Waals surface area contributed by atoms with E-state index >= 15 is 0 Å². The fraction of sp³-hybridized carbons (Fsp3) is 0.0909. The van der Waals surface area contributed by atoms with Gasteiger partial charge in [-0.3, -0.25) is 0 Å². The number of aromatic nitrogens is 4. The van der Waals surface area contributed by atoms with Gasteiger partial charge in [0, 0.05) is 33.2 Å². The largest absolute Gasteiger partial charge is 0.392 e. The molecule has 0 radical (unpaired) electrons. The molecule has 0 aromatic carbocycles. The van der Waals surface area contributed by atoms with Gasteiger partial charge in [0.1, 0.15) is 0 Å². The molecule has 0 spiro atoms.